The summed E-state index contributed by atoms with van der Waals surface area (Å²) in [6.45, 7) is 2.41. The molecular weight excluding hydrogens is 281 g/mol. The summed E-state index contributed by atoms with van der Waals surface area (Å²) < 4.78 is 13.8. The van der Waals surface area contributed by atoms with Crippen LogP contribution in [0, 0.1) is 5.82 Å². The van der Waals surface area contributed by atoms with E-state index in [1.54, 1.807) is 30.5 Å². The number of halogens is 1. The second-order valence-electron chi connectivity index (χ2n) is 4.82. The summed E-state index contributed by atoms with van der Waals surface area (Å²) in [5.74, 6) is -0.520. The lowest BCUT2D eigenvalue weighted by molar-refractivity contribution is 0.0955. The van der Waals surface area contributed by atoms with Crippen molar-refractivity contribution in [3.63, 3.8) is 0 Å². The number of rotatable bonds is 3. The highest BCUT2D eigenvalue weighted by Gasteiger charge is 2.10. The molecular formula is C17H14FN3O. The van der Waals surface area contributed by atoms with Crippen LogP contribution < -0.4 is 5.32 Å². The van der Waals surface area contributed by atoms with E-state index in [1.807, 2.05) is 6.92 Å². The molecule has 0 aliphatic rings. The van der Waals surface area contributed by atoms with Gasteiger partial charge in [0.15, 0.2) is 0 Å². The van der Waals surface area contributed by atoms with Gasteiger partial charge in [-0.25, -0.2) is 4.39 Å². The van der Waals surface area contributed by atoms with Gasteiger partial charge in [0.1, 0.15) is 5.82 Å². The van der Waals surface area contributed by atoms with E-state index in [0.717, 1.165) is 0 Å². The second-order valence-corrected chi connectivity index (χ2v) is 4.82. The van der Waals surface area contributed by atoms with E-state index in [-0.39, 0.29) is 11.7 Å². The Hall–Kier alpha value is -2.82. The third-order valence-corrected chi connectivity index (χ3v) is 3.31. The van der Waals surface area contributed by atoms with Crippen LogP contribution in [-0.4, -0.2) is 22.4 Å². The quantitative estimate of drug-likeness (QED) is 0.807. The lowest BCUT2D eigenvalue weighted by Gasteiger charge is -2.07. The molecule has 4 nitrogen and oxygen atoms in total. The Labute approximate surface area is 127 Å². The van der Waals surface area contributed by atoms with E-state index >= 15 is 0 Å². The van der Waals surface area contributed by atoms with Crippen molar-refractivity contribution in [2.24, 2.45) is 0 Å². The Bertz CT molecular complexity index is 831. The molecule has 0 saturated carbocycles. The molecule has 22 heavy (non-hydrogen) atoms. The second kappa shape index (κ2) is 5.89. The molecule has 3 aromatic rings. The Balaban J connectivity index is 2.06. The van der Waals surface area contributed by atoms with Crippen molar-refractivity contribution in [1.82, 2.24) is 15.3 Å². The fourth-order valence-corrected chi connectivity index (χ4v) is 2.30. The van der Waals surface area contributed by atoms with Crippen molar-refractivity contribution in [3.05, 3.63) is 60.2 Å². The van der Waals surface area contributed by atoms with E-state index in [1.165, 1.54) is 18.3 Å². The average Bonchev–Trinajstić information content (AvgIpc) is 2.54. The molecule has 1 aromatic carbocycles. The third kappa shape index (κ3) is 2.65. The summed E-state index contributed by atoms with van der Waals surface area (Å²) in [5, 5.41) is 3.42. The van der Waals surface area contributed by atoms with Crippen LogP contribution in [0.25, 0.3) is 22.2 Å². The van der Waals surface area contributed by atoms with E-state index in [2.05, 4.69) is 15.3 Å². The predicted molar refractivity (Wildman–Crippen MR) is 82.9 cm³/mol. The van der Waals surface area contributed by atoms with Crippen molar-refractivity contribution >= 4 is 16.8 Å². The smallest absolute Gasteiger partial charge is 0.252 e. The van der Waals surface area contributed by atoms with Crippen molar-refractivity contribution in [2.45, 2.75) is 6.92 Å². The van der Waals surface area contributed by atoms with E-state index < -0.39 is 0 Å². The van der Waals surface area contributed by atoms with Gasteiger partial charge in [0.25, 0.3) is 5.91 Å². The van der Waals surface area contributed by atoms with Crippen LogP contribution in [0.1, 0.15) is 17.3 Å². The van der Waals surface area contributed by atoms with Gasteiger partial charge in [-0.2, -0.15) is 0 Å². The molecule has 0 fully saturated rings. The summed E-state index contributed by atoms with van der Waals surface area (Å²) in [6.07, 6.45) is 3.15. The molecule has 1 amide bonds. The summed E-state index contributed by atoms with van der Waals surface area (Å²) in [5.41, 5.74) is 2.34. The number of benzene rings is 1. The summed E-state index contributed by atoms with van der Waals surface area (Å²) in [6, 6.07) is 9.79. The van der Waals surface area contributed by atoms with E-state index in [9.17, 15) is 9.18 Å². The number of amides is 1. The number of fused-ring (bicyclic) bond motifs is 1. The lowest BCUT2D eigenvalue weighted by Crippen LogP contribution is -2.22. The summed E-state index contributed by atoms with van der Waals surface area (Å²) in [7, 11) is 0. The summed E-state index contributed by atoms with van der Waals surface area (Å²) >= 11 is 0. The maximum absolute atomic E-state index is 13.8. The van der Waals surface area contributed by atoms with Crippen molar-refractivity contribution < 1.29 is 9.18 Å². The first-order chi connectivity index (χ1) is 10.7. The SMILES string of the molecule is CCNC(=O)c1ccc(-c2cc(F)cc3cccnc23)nc1. The monoisotopic (exact) mass is 295 g/mol. The van der Waals surface area contributed by atoms with Gasteiger partial charge in [0, 0.05) is 29.9 Å². The molecule has 0 saturated heterocycles. The highest BCUT2D eigenvalue weighted by atomic mass is 19.1. The number of carbonyl (C=O) groups is 1. The predicted octanol–water partition coefficient (Wildman–Crippen LogP) is 3.19. The number of aromatic nitrogens is 2. The first-order valence-corrected chi connectivity index (χ1v) is 6.98. The lowest BCUT2D eigenvalue weighted by atomic mass is 10.1. The van der Waals surface area contributed by atoms with E-state index in [0.29, 0.717) is 34.3 Å². The zero-order valence-corrected chi connectivity index (χ0v) is 12.0. The molecule has 0 aliphatic carbocycles. The average molecular weight is 295 g/mol. The van der Waals surface area contributed by atoms with Crippen LogP contribution in [0.2, 0.25) is 0 Å². The zero-order chi connectivity index (χ0) is 15.5. The van der Waals surface area contributed by atoms with Gasteiger partial charge < -0.3 is 5.32 Å². The van der Waals surface area contributed by atoms with Crippen LogP contribution in [0.15, 0.2) is 48.8 Å². The van der Waals surface area contributed by atoms with Gasteiger partial charge in [-0.1, -0.05) is 6.07 Å². The number of hydrogen-bond acceptors (Lipinski definition) is 3. The fourth-order valence-electron chi connectivity index (χ4n) is 2.30. The molecule has 2 heterocycles. The Kier molecular flexibility index (Phi) is 3.78. The molecule has 0 atom stereocenters. The minimum Gasteiger partial charge on any atom is -0.352 e. The molecule has 0 radical (unpaired) electrons. The maximum atomic E-state index is 13.8. The number of nitrogens with zero attached hydrogens (tertiary/aromatic N) is 2. The molecule has 110 valence electrons. The number of hydrogen-bond donors (Lipinski definition) is 1. The Morgan fingerprint density at radius 1 is 1.23 bits per heavy atom. The minimum atomic E-state index is -0.342. The van der Waals surface area contributed by atoms with Gasteiger partial charge in [0.05, 0.1) is 16.8 Å². The molecule has 0 bridgehead atoms. The van der Waals surface area contributed by atoms with Gasteiger partial charge in [-0.15, -0.1) is 0 Å². The minimum absolute atomic E-state index is 0.177. The molecule has 2 aromatic heterocycles. The van der Waals surface area contributed by atoms with Crippen LogP contribution in [0.3, 0.4) is 0 Å². The van der Waals surface area contributed by atoms with E-state index in [4.69, 9.17) is 0 Å². The molecule has 5 heteroatoms. The Morgan fingerprint density at radius 2 is 2.09 bits per heavy atom. The van der Waals surface area contributed by atoms with Crippen LogP contribution in [-0.2, 0) is 0 Å². The van der Waals surface area contributed by atoms with Crippen LogP contribution in [0.4, 0.5) is 4.39 Å². The van der Waals surface area contributed by atoms with Crippen molar-refractivity contribution in [1.29, 1.82) is 0 Å². The molecule has 0 spiro atoms. The number of carbonyl (C=O) groups excluding carboxylic acids is 1. The highest BCUT2D eigenvalue weighted by molar-refractivity contribution is 5.95. The highest BCUT2D eigenvalue weighted by Crippen LogP contribution is 2.27. The summed E-state index contributed by atoms with van der Waals surface area (Å²) in [4.78, 5) is 20.3. The molecule has 0 aliphatic heterocycles. The van der Waals surface area contributed by atoms with Gasteiger partial charge in [-0.05, 0) is 37.3 Å². The van der Waals surface area contributed by atoms with Gasteiger partial charge in [-0.3, -0.25) is 14.8 Å². The molecule has 0 unspecified atom stereocenters. The standard InChI is InChI=1S/C17H14FN3O/c1-2-19-17(22)12-5-6-15(21-10-12)14-9-13(18)8-11-4-3-7-20-16(11)14/h3-10H,2H2,1H3,(H,19,22). The zero-order valence-electron chi connectivity index (χ0n) is 12.0. The van der Waals surface area contributed by atoms with Crippen molar-refractivity contribution in [2.75, 3.05) is 6.54 Å². The van der Waals surface area contributed by atoms with Gasteiger partial charge >= 0.3 is 0 Å². The first kappa shape index (κ1) is 14.1. The van der Waals surface area contributed by atoms with Crippen LogP contribution >= 0.6 is 0 Å². The van der Waals surface area contributed by atoms with Gasteiger partial charge in [0.2, 0.25) is 0 Å². The Morgan fingerprint density at radius 3 is 2.82 bits per heavy atom. The number of pyridine rings is 2. The largest absolute Gasteiger partial charge is 0.352 e. The topological polar surface area (TPSA) is 54.9 Å². The van der Waals surface area contributed by atoms with Crippen molar-refractivity contribution in [3.8, 4) is 11.3 Å². The normalized spacial score (nSPS) is 10.6. The third-order valence-electron chi connectivity index (χ3n) is 3.31. The first-order valence-electron chi connectivity index (χ1n) is 6.98. The van der Waals surface area contributed by atoms with Crippen LogP contribution in [0.5, 0.6) is 0 Å². The molecule has 1 N–H and O–H groups in total. The molecule has 3 rings (SSSR count). The fraction of sp³-hybridized carbons (Fsp3) is 0.118. The maximum Gasteiger partial charge on any atom is 0.252 e. The number of nitrogens with one attached hydrogen (secondary N) is 1.